The van der Waals surface area contributed by atoms with Gasteiger partial charge in [-0.15, -0.1) is 0 Å². The summed E-state index contributed by atoms with van der Waals surface area (Å²) >= 11 is 2.22. The Bertz CT molecular complexity index is 1070. The van der Waals surface area contributed by atoms with Crippen molar-refractivity contribution >= 4 is 45.1 Å². The SMILES string of the molecule is Cc1c(C(=O)NCCN2C(=O)CSC2=O)sc2nc(-c3ccc(F)cc3)cn12. The summed E-state index contributed by atoms with van der Waals surface area (Å²) in [5.74, 6) is -0.660. The molecule has 1 aliphatic heterocycles. The summed E-state index contributed by atoms with van der Waals surface area (Å²) in [4.78, 5) is 42.5. The van der Waals surface area contributed by atoms with Gasteiger partial charge in [0, 0.05) is 30.5 Å². The van der Waals surface area contributed by atoms with Crippen molar-refractivity contribution in [3.05, 3.63) is 46.9 Å². The maximum atomic E-state index is 13.1. The van der Waals surface area contributed by atoms with Crippen LogP contribution in [0.5, 0.6) is 0 Å². The van der Waals surface area contributed by atoms with Crippen molar-refractivity contribution in [1.82, 2.24) is 19.6 Å². The van der Waals surface area contributed by atoms with Crippen molar-refractivity contribution in [2.75, 3.05) is 18.8 Å². The van der Waals surface area contributed by atoms with Crippen molar-refractivity contribution in [3.8, 4) is 11.3 Å². The second-order valence-electron chi connectivity index (χ2n) is 6.16. The number of aromatic nitrogens is 2. The number of hydrogen-bond acceptors (Lipinski definition) is 6. The fourth-order valence-electron chi connectivity index (χ4n) is 2.88. The highest BCUT2D eigenvalue weighted by atomic mass is 32.2. The third-order valence-electron chi connectivity index (χ3n) is 4.36. The number of rotatable bonds is 5. The number of halogens is 1. The van der Waals surface area contributed by atoms with E-state index in [0.29, 0.717) is 15.5 Å². The van der Waals surface area contributed by atoms with Gasteiger partial charge in [-0.2, -0.15) is 0 Å². The molecule has 0 radical (unpaired) electrons. The maximum absolute atomic E-state index is 13.1. The van der Waals surface area contributed by atoms with Crippen molar-refractivity contribution in [2.45, 2.75) is 6.92 Å². The van der Waals surface area contributed by atoms with Gasteiger partial charge in [0.2, 0.25) is 5.91 Å². The minimum atomic E-state index is -0.309. The number of imidazole rings is 1. The zero-order valence-electron chi connectivity index (χ0n) is 14.8. The summed E-state index contributed by atoms with van der Waals surface area (Å²) < 4.78 is 14.9. The highest BCUT2D eigenvalue weighted by Crippen LogP contribution is 2.27. The number of nitrogens with zero attached hydrogens (tertiary/aromatic N) is 3. The number of nitrogens with one attached hydrogen (secondary N) is 1. The van der Waals surface area contributed by atoms with E-state index in [0.717, 1.165) is 27.9 Å². The topological polar surface area (TPSA) is 83.8 Å². The maximum Gasteiger partial charge on any atom is 0.288 e. The Hall–Kier alpha value is -2.72. The van der Waals surface area contributed by atoms with Crippen LogP contribution in [0.25, 0.3) is 16.2 Å². The first-order valence-electron chi connectivity index (χ1n) is 8.44. The van der Waals surface area contributed by atoms with Gasteiger partial charge in [-0.05, 0) is 31.2 Å². The molecule has 0 aliphatic carbocycles. The van der Waals surface area contributed by atoms with Crippen LogP contribution < -0.4 is 5.32 Å². The van der Waals surface area contributed by atoms with Crippen LogP contribution in [0.3, 0.4) is 0 Å². The highest BCUT2D eigenvalue weighted by molar-refractivity contribution is 8.14. The Morgan fingerprint density at radius 2 is 2.04 bits per heavy atom. The van der Waals surface area contributed by atoms with Crippen LogP contribution in [0.1, 0.15) is 15.4 Å². The molecule has 0 unspecified atom stereocenters. The van der Waals surface area contributed by atoms with E-state index in [1.165, 1.54) is 23.5 Å². The van der Waals surface area contributed by atoms with Gasteiger partial charge in [0.05, 0.1) is 11.4 Å². The molecule has 0 spiro atoms. The number of hydrogen-bond donors (Lipinski definition) is 1. The predicted molar refractivity (Wildman–Crippen MR) is 105 cm³/mol. The van der Waals surface area contributed by atoms with Gasteiger partial charge in [-0.25, -0.2) is 9.37 Å². The van der Waals surface area contributed by atoms with Crippen LogP contribution in [0.4, 0.5) is 9.18 Å². The molecular weight excluding hydrogens is 403 g/mol. The second-order valence-corrected chi connectivity index (χ2v) is 8.06. The van der Waals surface area contributed by atoms with Crippen LogP contribution in [0, 0.1) is 12.7 Å². The van der Waals surface area contributed by atoms with Crippen molar-refractivity contribution in [1.29, 1.82) is 0 Å². The van der Waals surface area contributed by atoms with Gasteiger partial charge >= 0.3 is 0 Å². The number of carbonyl (C=O) groups excluding carboxylic acids is 3. The van der Waals surface area contributed by atoms with E-state index in [9.17, 15) is 18.8 Å². The number of carbonyl (C=O) groups is 3. The lowest BCUT2D eigenvalue weighted by Crippen LogP contribution is -2.37. The molecule has 0 atom stereocenters. The Morgan fingerprint density at radius 1 is 1.29 bits per heavy atom. The molecule has 3 aromatic rings. The van der Waals surface area contributed by atoms with Crippen molar-refractivity contribution < 1.29 is 18.8 Å². The van der Waals surface area contributed by atoms with Crippen LogP contribution in [0.2, 0.25) is 0 Å². The molecule has 1 aliphatic rings. The van der Waals surface area contributed by atoms with Gasteiger partial charge in [0.25, 0.3) is 11.1 Å². The minimum Gasteiger partial charge on any atom is -0.349 e. The fraction of sp³-hybridized carbons (Fsp3) is 0.222. The standard InChI is InChI=1S/C18H15FN4O3S2/c1-10-15(16(25)20-6-7-22-14(24)9-27-18(22)26)28-17-21-13(8-23(10)17)11-2-4-12(19)5-3-11/h2-5,8H,6-7,9H2,1H3,(H,20,25). The smallest absolute Gasteiger partial charge is 0.288 e. The van der Waals surface area contributed by atoms with E-state index in [1.807, 2.05) is 17.5 Å². The normalized spacial score (nSPS) is 14.3. The Labute approximate surface area is 167 Å². The molecule has 7 nitrogen and oxygen atoms in total. The van der Waals surface area contributed by atoms with Crippen LogP contribution in [-0.2, 0) is 4.79 Å². The monoisotopic (exact) mass is 418 g/mol. The number of amides is 3. The number of thioether (sulfide) groups is 1. The van der Waals surface area contributed by atoms with Crippen LogP contribution in [0.15, 0.2) is 30.5 Å². The summed E-state index contributed by atoms with van der Waals surface area (Å²) in [6.07, 6.45) is 1.81. The number of thiazole rings is 1. The van der Waals surface area contributed by atoms with E-state index < -0.39 is 0 Å². The molecule has 28 heavy (non-hydrogen) atoms. The molecule has 1 fully saturated rings. The molecule has 4 rings (SSSR count). The first kappa shape index (κ1) is 18.6. The van der Waals surface area contributed by atoms with E-state index in [-0.39, 0.29) is 41.7 Å². The fourth-order valence-corrected chi connectivity index (χ4v) is 4.66. The second kappa shape index (κ2) is 7.36. The first-order chi connectivity index (χ1) is 13.4. The van der Waals surface area contributed by atoms with Crippen molar-refractivity contribution in [2.24, 2.45) is 0 Å². The summed E-state index contributed by atoms with van der Waals surface area (Å²) in [5, 5.41) is 2.47. The Kier molecular flexibility index (Phi) is 4.90. The third kappa shape index (κ3) is 3.40. The molecule has 3 heterocycles. The number of aryl methyl sites for hydroxylation is 1. The lowest BCUT2D eigenvalue weighted by atomic mass is 10.2. The van der Waals surface area contributed by atoms with Gasteiger partial charge in [-0.3, -0.25) is 23.7 Å². The zero-order valence-corrected chi connectivity index (χ0v) is 16.4. The van der Waals surface area contributed by atoms with E-state index in [2.05, 4.69) is 10.3 Å². The van der Waals surface area contributed by atoms with Gasteiger partial charge in [0.15, 0.2) is 4.96 Å². The van der Waals surface area contributed by atoms with Crippen LogP contribution in [-0.4, -0.2) is 50.2 Å². The molecule has 0 bridgehead atoms. The minimum absolute atomic E-state index is 0.157. The summed E-state index contributed by atoms with van der Waals surface area (Å²) in [6, 6.07) is 6.07. The molecule has 3 amide bonds. The quantitative estimate of drug-likeness (QED) is 0.689. The third-order valence-corrected chi connectivity index (χ3v) is 6.38. The average molecular weight is 418 g/mol. The molecule has 2 aromatic heterocycles. The molecule has 0 saturated carbocycles. The lowest BCUT2D eigenvalue weighted by Gasteiger charge is -2.12. The number of imide groups is 1. The van der Waals surface area contributed by atoms with E-state index >= 15 is 0 Å². The molecule has 1 N–H and O–H groups in total. The van der Waals surface area contributed by atoms with E-state index in [1.54, 1.807) is 12.1 Å². The number of benzene rings is 1. The summed E-state index contributed by atoms with van der Waals surface area (Å²) in [5.41, 5.74) is 2.23. The first-order valence-corrected chi connectivity index (χ1v) is 10.2. The largest absolute Gasteiger partial charge is 0.349 e. The average Bonchev–Trinajstić information content (AvgIpc) is 3.32. The molecular formula is C18H15FN4O3S2. The summed E-state index contributed by atoms with van der Waals surface area (Å²) in [7, 11) is 0. The molecule has 144 valence electrons. The van der Waals surface area contributed by atoms with Crippen molar-refractivity contribution in [3.63, 3.8) is 0 Å². The zero-order chi connectivity index (χ0) is 19.8. The molecule has 1 saturated heterocycles. The van der Waals surface area contributed by atoms with Gasteiger partial charge < -0.3 is 5.32 Å². The summed E-state index contributed by atoms with van der Waals surface area (Å²) in [6.45, 7) is 2.17. The number of fused-ring (bicyclic) bond motifs is 1. The predicted octanol–water partition coefficient (Wildman–Crippen LogP) is 2.94. The van der Waals surface area contributed by atoms with Gasteiger partial charge in [-0.1, -0.05) is 23.1 Å². The van der Waals surface area contributed by atoms with E-state index in [4.69, 9.17) is 0 Å². The Balaban J connectivity index is 1.46. The molecule has 10 heteroatoms. The Morgan fingerprint density at radius 3 is 2.68 bits per heavy atom. The highest BCUT2D eigenvalue weighted by Gasteiger charge is 2.29. The lowest BCUT2D eigenvalue weighted by molar-refractivity contribution is -0.124. The van der Waals surface area contributed by atoms with Crippen LogP contribution >= 0.6 is 23.1 Å². The van der Waals surface area contributed by atoms with Gasteiger partial charge in [0.1, 0.15) is 10.7 Å². The molecule has 1 aromatic carbocycles.